The van der Waals surface area contributed by atoms with Crippen molar-refractivity contribution in [1.82, 2.24) is 9.47 Å². The molecule has 30 heavy (non-hydrogen) atoms. The number of ether oxygens (including phenoxy) is 3. The summed E-state index contributed by atoms with van der Waals surface area (Å²) >= 11 is 0. The summed E-state index contributed by atoms with van der Waals surface area (Å²) in [5.74, 6) is 0.729. The molecule has 1 aromatic heterocycles. The summed E-state index contributed by atoms with van der Waals surface area (Å²) < 4.78 is 18.2. The van der Waals surface area contributed by atoms with Crippen molar-refractivity contribution in [3.63, 3.8) is 0 Å². The molecule has 3 rings (SSSR count). The lowest BCUT2D eigenvalue weighted by atomic mass is 9.83. The highest BCUT2D eigenvalue weighted by atomic mass is 16.5. The van der Waals surface area contributed by atoms with Crippen LogP contribution in [0.1, 0.15) is 22.7 Å². The van der Waals surface area contributed by atoms with Gasteiger partial charge in [-0.25, -0.2) is 0 Å². The maximum atomic E-state index is 13.5. The van der Waals surface area contributed by atoms with Gasteiger partial charge in [-0.15, -0.1) is 0 Å². The molecule has 0 amide bonds. The number of nitrogens with two attached hydrogens (primary N) is 1. The van der Waals surface area contributed by atoms with Crippen LogP contribution in [0.3, 0.4) is 0 Å². The van der Waals surface area contributed by atoms with E-state index in [1.807, 2.05) is 25.9 Å². The Balaban J connectivity index is 2.28. The van der Waals surface area contributed by atoms with E-state index in [0.29, 0.717) is 41.5 Å². The standard InChI is InChI=1S/C22H26N4O4/c1-13-10-18-20(22(27)26(13)9-8-25(2)3)19(16(12-23)21(24)30-18)15-7-6-14(28-4)11-17(15)29-5/h6-7,10-11,19H,8-9,24H2,1-5H3/t19-/m0/s1. The van der Waals surface area contributed by atoms with Gasteiger partial charge in [0.2, 0.25) is 5.88 Å². The van der Waals surface area contributed by atoms with E-state index in [0.717, 1.165) is 5.69 Å². The van der Waals surface area contributed by atoms with Gasteiger partial charge in [0, 0.05) is 36.5 Å². The molecule has 8 nitrogen and oxygen atoms in total. The second kappa shape index (κ2) is 8.51. The molecule has 0 fully saturated rings. The molecule has 0 unspecified atom stereocenters. The van der Waals surface area contributed by atoms with Gasteiger partial charge in [-0.3, -0.25) is 4.79 Å². The van der Waals surface area contributed by atoms with Crippen molar-refractivity contribution in [2.75, 3.05) is 34.9 Å². The summed E-state index contributed by atoms with van der Waals surface area (Å²) in [6.45, 7) is 3.06. The van der Waals surface area contributed by atoms with Crippen LogP contribution in [0.15, 0.2) is 40.5 Å². The van der Waals surface area contributed by atoms with Gasteiger partial charge >= 0.3 is 0 Å². The zero-order valence-corrected chi connectivity index (χ0v) is 17.9. The molecule has 158 valence electrons. The minimum absolute atomic E-state index is 0.0160. The first-order valence-electron chi connectivity index (χ1n) is 9.50. The van der Waals surface area contributed by atoms with Crippen LogP contribution in [0.25, 0.3) is 0 Å². The first-order valence-corrected chi connectivity index (χ1v) is 9.50. The molecule has 2 heterocycles. The lowest BCUT2D eigenvalue weighted by Gasteiger charge is -2.28. The highest BCUT2D eigenvalue weighted by molar-refractivity contribution is 5.59. The smallest absolute Gasteiger partial charge is 0.258 e. The first kappa shape index (κ1) is 21.3. The van der Waals surface area contributed by atoms with Crippen molar-refractivity contribution in [2.24, 2.45) is 5.73 Å². The van der Waals surface area contributed by atoms with Crippen LogP contribution >= 0.6 is 0 Å². The SMILES string of the molecule is COc1ccc([C@H]2C(C#N)=C(N)Oc3cc(C)n(CCN(C)C)c(=O)c32)c(OC)c1. The Morgan fingerprint density at radius 1 is 1.27 bits per heavy atom. The molecule has 1 aliphatic rings. The van der Waals surface area contributed by atoms with Gasteiger partial charge in [-0.1, -0.05) is 6.07 Å². The second-order valence-electron chi connectivity index (χ2n) is 7.36. The quantitative estimate of drug-likeness (QED) is 0.776. The summed E-state index contributed by atoms with van der Waals surface area (Å²) in [5, 5.41) is 9.83. The number of methoxy groups -OCH3 is 2. The molecular weight excluding hydrogens is 384 g/mol. The number of hydrogen-bond acceptors (Lipinski definition) is 7. The average molecular weight is 410 g/mol. The minimum atomic E-state index is -0.710. The lowest BCUT2D eigenvalue weighted by Crippen LogP contribution is -2.34. The van der Waals surface area contributed by atoms with E-state index in [2.05, 4.69) is 6.07 Å². The van der Waals surface area contributed by atoms with E-state index in [9.17, 15) is 10.1 Å². The Bertz CT molecular complexity index is 1100. The molecule has 2 aromatic rings. The van der Waals surface area contributed by atoms with Gasteiger partial charge in [-0.2, -0.15) is 5.26 Å². The third-order valence-electron chi connectivity index (χ3n) is 5.21. The Morgan fingerprint density at radius 3 is 2.60 bits per heavy atom. The van der Waals surface area contributed by atoms with Crippen molar-refractivity contribution in [3.8, 4) is 23.3 Å². The number of likely N-dealkylation sites (N-methyl/N-ethyl adjacent to an activating group) is 1. The van der Waals surface area contributed by atoms with Crippen LogP contribution in [-0.2, 0) is 6.54 Å². The highest BCUT2D eigenvalue weighted by Crippen LogP contribution is 2.44. The molecule has 1 aliphatic heterocycles. The fraction of sp³-hybridized carbons (Fsp3) is 0.364. The fourth-order valence-electron chi connectivity index (χ4n) is 3.63. The van der Waals surface area contributed by atoms with Gasteiger partial charge in [-0.05, 0) is 27.1 Å². The van der Waals surface area contributed by atoms with Crippen molar-refractivity contribution in [2.45, 2.75) is 19.4 Å². The number of nitrogens with zero attached hydrogens (tertiary/aromatic N) is 3. The molecule has 2 N–H and O–H groups in total. The van der Waals surface area contributed by atoms with E-state index in [1.165, 1.54) is 7.11 Å². The van der Waals surface area contributed by atoms with Crippen LogP contribution in [0.4, 0.5) is 0 Å². The van der Waals surface area contributed by atoms with Crippen molar-refractivity contribution in [3.05, 3.63) is 62.9 Å². The number of pyridine rings is 1. The van der Waals surface area contributed by atoms with E-state index in [4.69, 9.17) is 19.9 Å². The van der Waals surface area contributed by atoms with Gasteiger partial charge in [0.1, 0.15) is 28.9 Å². The number of fused-ring (bicyclic) bond motifs is 1. The second-order valence-corrected chi connectivity index (χ2v) is 7.36. The number of hydrogen-bond donors (Lipinski definition) is 1. The maximum Gasteiger partial charge on any atom is 0.258 e. The molecule has 0 bridgehead atoms. The Kier molecular flexibility index (Phi) is 6.04. The highest BCUT2D eigenvalue weighted by Gasteiger charge is 2.36. The zero-order chi connectivity index (χ0) is 22.0. The van der Waals surface area contributed by atoms with Crippen LogP contribution < -0.4 is 25.5 Å². The van der Waals surface area contributed by atoms with Crippen LogP contribution in [0.2, 0.25) is 0 Å². The molecule has 1 atom stereocenters. The third-order valence-corrected chi connectivity index (χ3v) is 5.21. The van der Waals surface area contributed by atoms with Crippen LogP contribution in [0, 0.1) is 18.3 Å². The predicted octanol–water partition coefficient (Wildman–Crippen LogP) is 1.95. The maximum absolute atomic E-state index is 13.5. The molecule has 0 saturated heterocycles. The number of aromatic nitrogens is 1. The number of allylic oxidation sites excluding steroid dienone is 1. The molecular formula is C22H26N4O4. The van der Waals surface area contributed by atoms with Crippen molar-refractivity contribution < 1.29 is 14.2 Å². The molecule has 0 saturated carbocycles. The molecule has 0 spiro atoms. The van der Waals surface area contributed by atoms with E-state index < -0.39 is 5.92 Å². The first-order chi connectivity index (χ1) is 14.3. The number of aryl methyl sites for hydroxylation is 1. The average Bonchev–Trinajstić information content (AvgIpc) is 2.71. The Morgan fingerprint density at radius 2 is 2.00 bits per heavy atom. The summed E-state index contributed by atoms with van der Waals surface area (Å²) in [7, 11) is 6.99. The Hall–Kier alpha value is -3.44. The largest absolute Gasteiger partial charge is 0.497 e. The topological polar surface area (TPSA) is 103 Å². The van der Waals surface area contributed by atoms with Gasteiger partial charge < -0.3 is 29.4 Å². The van der Waals surface area contributed by atoms with E-state index in [-0.39, 0.29) is 17.0 Å². The fourth-order valence-corrected chi connectivity index (χ4v) is 3.63. The van der Waals surface area contributed by atoms with E-state index in [1.54, 1.807) is 35.9 Å². The monoisotopic (exact) mass is 410 g/mol. The van der Waals surface area contributed by atoms with E-state index >= 15 is 0 Å². The van der Waals surface area contributed by atoms with Crippen molar-refractivity contribution in [1.29, 1.82) is 5.26 Å². The number of rotatable bonds is 6. The summed E-state index contributed by atoms with van der Waals surface area (Å²) in [6, 6.07) is 9.17. The van der Waals surface area contributed by atoms with Crippen LogP contribution in [-0.4, -0.2) is 44.3 Å². The lowest BCUT2D eigenvalue weighted by molar-refractivity contribution is 0.366. The summed E-state index contributed by atoms with van der Waals surface area (Å²) in [6.07, 6.45) is 0. The zero-order valence-electron chi connectivity index (χ0n) is 17.9. The van der Waals surface area contributed by atoms with Gasteiger partial charge in [0.25, 0.3) is 5.56 Å². The summed E-state index contributed by atoms with van der Waals surface area (Å²) in [4.78, 5) is 15.6. The van der Waals surface area contributed by atoms with Gasteiger partial charge in [0.15, 0.2) is 0 Å². The number of benzene rings is 1. The Labute approximate surface area is 175 Å². The van der Waals surface area contributed by atoms with Crippen molar-refractivity contribution >= 4 is 0 Å². The molecule has 1 aromatic carbocycles. The molecule has 0 radical (unpaired) electrons. The normalized spacial score (nSPS) is 15.4. The molecule has 0 aliphatic carbocycles. The van der Waals surface area contributed by atoms with Gasteiger partial charge in [0.05, 0.1) is 25.7 Å². The van der Waals surface area contributed by atoms with Crippen LogP contribution in [0.5, 0.6) is 17.2 Å². The third kappa shape index (κ3) is 3.72. The minimum Gasteiger partial charge on any atom is -0.497 e. The summed E-state index contributed by atoms with van der Waals surface area (Å²) in [5.41, 5.74) is 7.80. The predicted molar refractivity (Wildman–Crippen MR) is 113 cm³/mol. The molecule has 8 heteroatoms. The number of nitriles is 1.